The summed E-state index contributed by atoms with van der Waals surface area (Å²) in [6.07, 6.45) is 0. The van der Waals surface area contributed by atoms with Crippen LogP contribution >= 0.6 is 11.6 Å². The Labute approximate surface area is 122 Å². The Morgan fingerprint density at radius 1 is 1.33 bits per heavy atom. The first-order valence-electron chi connectivity index (χ1n) is 5.63. The molecule has 2 aromatic carbocycles. The number of hydrogen-bond acceptors (Lipinski definition) is 4. The summed E-state index contributed by atoms with van der Waals surface area (Å²) in [4.78, 5) is 22.0. The molecule has 0 fully saturated rings. The van der Waals surface area contributed by atoms with E-state index in [9.17, 15) is 19.3 Å². The van der Waals surface area contributed by atoms with E-state index in [1.165, 1.54) is 24.3 Å². The number of carbonyl (C=O) groups excluding carboxylic acids is 1. The van der Waals surface area contributed by atoms with Gasteiger partial charge >= 0.3 is 0 Å². The van der Waals surface area contributed by atoms with Gasteiger partial charge in [-0.3, -0.25) is 14.9 Å². The molecule has 0 aliphatic carbocycles. The largest absolute Gasteiger partial charge is 0.505 e. The SMILES string of the molecule is O=C(Nc1ccc(O)c(F)c1)c1cccc([N+](=O)[O-])c1Cl. The fourth-order valence-corrected chi connectivity index (χ4v) is 1.90. The van der Waals surface area contributed by atoms with Crippen molar-refractivity contribution in [2.24, 2.45) is 0 Å². The maximum Gasteiger partial charge on any atom is 0.288 e. The van der Waals surface area contributed by atoms with Gasteiger partial charge in [0.25, 0.3) is 11.6 Å². The van der Waals surface area contributed by atoms with Crippen molar-refractivity contribution in [1.29, 1.82) is 0 Å². The summed E-state index contributed by atoms with van der Waals surface area (Å²) in [5.74, 6) is -2.19. The standard InChI is InChI=1S/C13H8ClFN2O4/c14-12-8(2-1-3-10(12)17(20)21)13(19)16-7-4-5-11(18)9(15)6-7/h1-6,18H,(H,16,19). The van der Waals surface area contributed by atoms with Gasteiger partial charge in [-0.15, -0.1) is 0 Å². The Balaban J connectivity index is 2.30. The summed E-state index contributed by atoms with van der Waals surface area (Å²) in [6, 6.07) is 7.05. The monoisotopic (exact) mass is 310 g/mol. The average molecular weight is 311 g/mol. The topological polar surface area (TPSA) is 92.5 Å². The van der Waals surface area contributed by atoms with E-state index < -0.39 is 28.1 Å². The van der Waals surface area contributed by atoms with E-state index in [1.54, 1.807) is 0 Å². The molecule has 0 radical (unpaired) electrons. The van der Waals surface area contributed by atoms with Crippen LogP contribution in [0.4, 0.5) is 15.8 Å². The lowest BCUT2D eigenvalue weighted by Crippen LogP contribution is -2.13. The minimum Gasteiger partial charge on any atom is -0.505 e. The van der Waals surface area contributed by atoms with Crippen LogP contribution in [0.25, 0.3) is 0 Å². The third-order valence-electron chi connectivity index (χ3n) is 2.63. The van der Waals surface area contributed by atoms with E-state index in [4.69, 9.17) is 16.7 Å². The Kier molecular flexibility index (Phi) is 4.04. The zero-order valence-corrected chi connectivity index (χ0v) is 11.1. The van der Waals surface area contributed by atoms with Crippen molar-refractivity contribution in [3.05, 3.63) is 62.9 Å². The van der Waals surface area contributed by atoms with Crippen molar-refractivity contribution in [3.63, 3.8) is 0 Å². The van der Waals surface area contributed by atoms with Gasteiger partial charge in [-0.05, 0) is 18.2 Å². The van der Waals surface area contributed by atoms with Gasteiger partial charge in [-0.25, -0.2) is 4.39 Å². The molecule has 8 heteroatoms. The molecule has 0 saturated carbocycles. The average Bonchev–Trinajstić information content (AvgIpc) is 2.42. The lowest BCUT2D eigenvalue weighted by atomic mass is 10.1. The first-order valence-corrected chi connectivity index (χ1v) is 6.00. The minimum atomic E-state index is -0.905. The van der Waals surface area contributed by atoms with Gasteiger partial charge in [0.15, 0.2) is 11.6 Å². The third-order valence-corrected chi connectivity index (χ3v) is 3.02. The summed E-state index contributed by atoms with van der Waals surface area (Å²) in [5.41, 5.74) is -0.432. The van der Waals surface area contributed by atoms with Crippen molar-refractivity contribution in [2.45, 2.75) is 0 Å². The number of phenols is 1. The predicted octanol–water partition coefficient (Wildman–Crippen LogP) is 3.35. The van der Waals surface area contributed by atoms with Gasteiger partial charge in [0, 0.05) is 17.8 Å². The number of carbonyl (C=O) groups is 1. The number of nitro benzene ring substituents is 1. The second kappa shape index (κ2) is 5.76. The molecule has 0 atom stereocenters. The number of aromatic hydroxyl groups is 1. The number of anilines is 1. The van der Waals surface area contributed by atoms with Crippen LogP contribution in [0.2, 0.25) is 5.02 Å². The van der Waals surface area contributed by atoms with Crippen LogP contribution in [0.5, 0.6) is 5.75 Å². The number of nitro groups is 1. The first-order chi connectivity index (χ1) is 9.90. The predicted molar refractivity (Wildman–Crippen MR) is 74.1 cm³/mol. The number of phenolic OH excluding ortho intramolecular Hbond substituents is 1. The molecule has 0 heterocycles. The number of benzene rings is 2. The lowest BCUT2D eigenvalue weighted by Gasteiger charge is -2.07. The Morgan fingerprint density at radius 2 is 2.05 bits per heavy atom. The zero-order chi connectivity index (χ0) is 15.6. The Bertz CT molecular complexity index is 736. The maximum atomic E-state index is 13.2. The summed E-state index contributed by atoms with van der Waals surface area (Å²) in [7, 11) is 0. The molecule has 6 nitrogen and oxygen atoms in total. The number of nitrogens with zero attached hydrogens (tertiary/aromatic N) is 1. The molecule has 0 aliphatic heterocycles. The van der Waals surface area contributed by atoms with Gasteiger partial charge in [-0.2, -0.15) is 0 Å². The molecule has 0 saturated heterocycles. The highest BCUT2D eigenvalue weighted by atomic mass is 35.5. The summed E-state index contributed by atoms with van der Waals surface area (Å²) >= 11 is 5.80. The summed E-state index contributed by atoms with van der Waals surface area (Å²) < 4.78 is 13.2. The molecule has 0 aromatic heterocycles. The number of rotatable bonds is 3. The molecule has 2 aromatic rings. The zero-order valence-electron chi connectivity index (χ0n) is 10.3. The number of nitrogens with one attached hydrogen (secondary N) is 1. The lowest BCUT2D eigenvalue weighted by molar-refractivity contribution is -0.384. The third kappa shape index (κ3) is 3.09. The second-order valence-electron chi connectivity index (χ2n) is 4.02. The molecule has 1 amide bonds. The van der Waals surface area contributed by atoms with Gasteiger partial charge in [0.2, 0.25) is 0 Å². The minimum absolute atomic E-state index is 0.0814. The van der Waals surface area contributed by atoms with Crippen LogP contribution in [-0.2, 0) is 0 Å². The molecular weight excluding hydrogens is 303 g/mol. The highest BCUT2D eigenvalue weighted by Crippen LogP contribution is 2.28. The summed E-state index contributed by atoms with van der Waals surface area (Å²) in [5, 5.41) is 21.8. The molecule has 21 heavy (non-hydrogen) atoms. The molecule has 0 bridgehead atoms. The van der Waals surface area contributed by atoms with Crippen molar-refractivity contribution in [1.82, 2.24) is 0 Å². The van der Waals surface area contributed by atoms with Crippen molar-refractivity contribution in [2.75, 3.05) is 5.32 Å². The van der Waals surface area contributed by atoms with E-state index in [0.717, 1.165) is 12.1 Å². The van der Waals surface area contributed by atoms with Crippen molar-refractivity contribution >= 4 is 28.9 Å². The molecular formula is C13H8ClFN2O4. The molecule has 0 aliphatic rings. The Hall–Kier alpha value is -2.67. The number of hydrogen-bond donors (Lipinski definition) is 2. The molecule has 0 unspecified atom stereocenters. The van der Waals surface area contributed by atoms with E-state index in [0.29, 0.717) is 0 Å². The van der Waals surface area contributed by atoms with Crippen LogP contribution in [0.15, 0.2) is 36.4 Å². The normalized spacial score (nSPS) is 10.2. The Morgan fingerprint density at radius 3 is 2.67 bits per heavy atom. The van der Waals surface area contributed by atoms with Gasteiger partial charge in [0.05, 0.1) is 10.5 Å². The van der Waals surface area contributed by atoms with Crippen LogP contribution < -0.4 is 5.32 Å². The second-order valence-corrected chi connectivity index (χ2v) is 4.39. The fraction of sp³-hybridized carbons (Fsp3) is 0. The van der Waals surface area contributed by atoms with Crippen LogP contribution in [0.3, 0.4) is 0 Å². The van der Waals surface area contributed by atoms with Crippen molar-refractivity contribution < 1.29 is 19.2 Å². The summed E-state index contributed by atoms with van der Waals surface area (Å²) in [6.45, 7) is 0. The molecule has 2 rings (SSSR count). The number of amides is 1. The molecule has 2 N–H and O–H groups in total. The first kappa shape index (κ1) is 14.7. The van der Waals surface area contributed by atoms with Crippen molar-refractivity contribution in [3.8, 4) is 5.75 Å². The van der Waals surface area contributed by atoms with Gasteiger partial charge in [0.1, 0.15) is 5.02 Å². The maximum absolute atomic E-state index is 13.2. The van der Waals surface area contributed by atoms with E-state index in [-0.39, 0.29) is 16.3 Å². The van der Waals surface area contributed by atoms with E-state index in [2.05, 4.69) is 5.32 Å². The van der Waals surface area contributed by atoms with Gasteiger partial charge < -0.3 is 10.4 Å². The highest BCUT2D eigenvalue weighted by molar-refractivity contribution is 6.36. The van der Waals surface area contributed by atoms with E-state index in [1.807, 2.05) is 0 Å². The molecule has 108 valence electrons. The smallest absolute Gasteiger partial charge is 0.288 e. The fourth-order valence-electron chi connectivity index (χ4n) is 1.62. The molecule has 0 spiro atoms. The van der Waals surface area contributed by atoms with Crippen LogP contribution in [0, 0.1) is 15.9 Å². The quantitative estimate of drug-likeness (QED) is 0.516. The van der Waals surface area contributed by atoms with Gasteiger partial charge in [-0.1, -0.05) is 17.7 Å². The highest BCUT2D eigenvalue weighted by Gasteiger charge is 2.20. The van der Waals surface area contributed by atoms with Crippen LogP contribution in [-0.4, -0.2) is 15.9 Å². The van der Waals surface area contributed by atoms with E-state index >= 15 is 0 Å². The number of halogens is 2. The van der Waals surface area contributed by atoms with Crippen LogP contribution in [0.1, 0.15) is 10.4 Å².